The van der Waals surface area contributed by atoms with Gasteiger partial charge in [0.05, 0.1) is 7.11 Å². The molecule has 22 heavy (non-hydrogen) atoms. The van der Waals surface area contributed by atoms with E-state index in [1.54, 1.807) is 25.3 Å². The lowest BCUT2D eigenvalue weighted by Crippen LogP contribution is -2.02. The van der Waals surface area contributed by atoms with E-state index in [2.05, 4.69) is 10.3 Å². The molecule has 0 spiro atoms. The fourth-order valence-electron chi connectivity index (χ4n) is 2.20. The number of methoxy groups -OCH3 is 1. The molecule has 0 radical (unpaired) electrons. The minimum atomic E-state index is -0.349. The van der Waals surface area contributed by atoms with Crippen LogP contribution in [0.1, 0.15) is 5.69 Å². The Hall–Kier alpha value is -3.20. The second-order valence-electron chi connectivity index (χ2n) is 4.49. The molecular weight excluding hydrogens is 283 g/mol. The number of para-hydroxylation sites is 2. The zero-order chi connectivity index (χ0) is 15.5. The van der Waals surface area contributed by atoms with Gasteiger partial charge in [-0.15, -0.1) is 5.10 Å². The summed E-state index contributed by atoms with van der Waals surface area (Å²) in [7, 11) is 1.55. The van der Waals surface area contributed by atoms with Gasteiger partial charge in [0.1, 0.15) is 29.0 Å². The first-order valence-corrected chi connectivity index (χ1v) is 6.49. The molecular formula is C16H11FN4O. The highest BCUT2D eigenvalue weighted by Gasteiger charge is 2.18. The summed E-state index contributed by atoms with van der Waals surface area (Å²) < 4.78 is 20.0. The minimum absolute atomic E-state index is 0.164. The lowest BCUT2D eigenvalue weighted by atomic mass is 10.1. The summed E-state index contributed by atoms with van der Waals surface area (Å²) in [5.74, 6) is 0.249. The highest BCUT2D eigenvalue weighted by Crippen LogP contribution is 2.29. The number of halogens is 1. The Labute approximate surface area is 126 Å². The second kappa shape index (κ2) is 5.66. The van der Waals surface area contributed by atoms with Gasteiger partial charge in [0.25, 0.3) is 0 Å². The highest BCUT2D eigenvalue weighted by molar-refractivity contribution is 5.68. The standard InChI is InChI=1S/C16H11FN4O/c1-22-15-5-3-2-4-14(15)21-16(13(10-18)19-20-21)11-6-8-12(17)9-7-11/h2-9H,1H3. The van der Waals surface area contributed by atoms with Crippen molar-refractivity contribution >= 4 is 0 Å². The maximum absolute atomic E-state index is 13.1. The average molecular weight is 294 g/mol. The first kappa shape index (κ1) is 13.8. The summed E-state index contributed by atoms with van der Waals surface area (Å²) in [6.07, 6.45) is 0. The molecule has 0 atom stereocenters. The van der Waals surface area contributed by atoms with Gasteiger partial charge in [-0.2, -0.15) is 5.26 Å². The van der Waals surface area contributed by atoms with Gasteiger partial charge in [-0.3, -0.25) is 0 Å². The molecule has 0 fully saturated rings. The van der Waals surface area contributed by atoms with Crippen LogP contribution in [-0.2, 0) is 0 Å². The van der Waals surface area contributed by atoms with Crippen LogP contribution >= 0.6 is 0 Å². The largest absolute Gasteiger partial charge is 0.494 e. The molecule has 108 valence electrons. The molecule has 0 amide bonds. The highest BCUT2D eigenvalue weighted by atomic mass is 19.1. The number of benzene rings is 2. The normalized spacial score (nSPS) is 10.2. The Balaban J connectivity index is 2.24. The van der Waals surface area contributed by atoms with Crippen molar-refractivity contribution in [3.05, 3.63) is 60.0 Å². The summed E-state index contributed by atoms with van der Waals surface area (Å²) in [4.78, 5) is 0. The maximum Gasteiger partial charge on any atom is 0.191 e. The molecule has 5 nitrogen and oxygen atoms in total. The zero-order valence-electron chi connectivity index (χ0n) is 11.7. The first-order chi connectivity index (χ1) is 10.7. The SMILES string of the molecule is COc1ccccc1-n1nnc(C#N)c1-c1ccc(F)cc1. The molecule has 0 unspecified atom stereocenters. The van der Waals surface area contributed by atoms with Crippen molar-refractivity contribution in [2.45, 2.75) is 0 Å². The summed E-state index contributed by atoms with van der Waals surface area (Å²) in [6, 6.07) is 15.1. The fraction of sp³-hybridized carbons (Fsp3) is 0.0625. The average Bonchev–Trinajstić information content (AvgIpc) is 2.99. The van der Waals surface area contributed by atoms with Crippen molar-refractivity contribution in [1.82, 2.24) is 15.0 Å². The Kier molecular flexibility index (Phi) is 3.54. The topological polar surface area (TPSA) is 63.7 Å². The zero-order valence-corrected chi connectivity index (χ0v) is 11.7. The van der Waals surface area contributed by atoms with E-state index >= 15 is 0 Å². The molecule has 0 bridgehead atoms. The van der Waals surface area contributed by atoms with Crippen LogP contribution in [0.3, 0.4) is 0 Å². The Morgan fingerprint density at radius 1 is 1.14 bits per heavy atom. The van der Waals surface area contributed by atoms with Gasteiger partial charge in [-0.25, -0.2) is 9.07 Å². The Morgan fingerprint density at radius 3 is 2.55 bits per heavy atom. The number of rotatable bonds is 3. The summed E-state index contributed by atoms with van der Waals surface area (Å²) >= 11 is 0. The predicted molar refractivity (Wildman–Crippen MR) is 78.0 cm³/mol. The van der Waals surface area contributed by atoms with E-state index in [-0.39, 0.29) is 11.5 Å². The fourth-order valence-corrected chi connectivity index (χ4v) is 2.20. The number of nitrogens with zero attached hydrogens (tertiary/aromatic N) is 4. The molecule has 1 heterocycles. The van der Waals surface area contributed by atoms with Crippen molar-refractivity contribution in [3.8, 4) is 28.8 Å². The quantitative estimate of drug-likeness (QED) is 0.745. The van der Waals surface area contributed by atoms with E-state index in [1.165, 1.54) is 16.8 Å². The van der Waals surface area contributed by atoms with Crippen LogP contribution in [-0.4, -0.2) is 22.1 Å². The van der Waals surface area contributed by atoms with Gasteiger partial charge < -0.3 is 4.74 Å². The van der Waals surface area contributed by atoms with Gasteiger partial charge in [0, 0.05) is 5.56 Å². The number of ether oxygens (including phenoxy) is 1. The molecule has 3 aromatic rings. The Bertz CT molecular complexity index is 849. The molecule has 0 aliphatic carbocycles. The van der Waals surface area contributed by atoms with Crippen molar-refractivity contribution in [2.24, 2.45) is 0 Å². The van der Waals surface area contributed by atoms with Crippen LogP contribution in [0, 0.1) is 17.1 Å². The molecule has 0 aliphatic rings. The summed E-state index contributed by atoms with van der Waals surface area (Å²) in [5, 5.41) is 17.2. The smallest absolute Gasteiger partial charge is 0.191 e. The second-order valence-corrected chi connectivity index (χ2v) is 4.49. The van der Waals surface area contributed by atoms with E-state index in [0.29, 0.717) is 22.7 Å². The lowest BCUT2D eigenvalue weighted by Gasteiger charge is -2.10. The number of nitriles is 1. The Morgan fingerprint density at radius 2 is 1.86 bits per heavy atom. The third-order valence-corrected chi connectivity index (χ3v) is 3.21. The van der Waals surface area contributed by atoms with Gasteiger partial charge in [-0.05, 0) is 36.4 Å². The van der Waals surface area contributed by atoms with Crippen LogP contribution < -0.4 is 4.74 Å². The van der Waals surface area contributed by atoms with E-state index in [0.717, 1.165) is 0 Å². The number of hydrogen-bond donors (Lipinski definition) is 0. The third-order valence-electron chi connectivity index (χ3n) is 3.21. The minimum Gasteiger partial charge on any atom is -0.494 e. The third kappa shape index (κ3) is 2.29. The summed E-state index contributed by atoms with van der Waals surface area (Å²) in [6.45, 7) is 0. The van der Waals surface area contributed by atoms with Gasteiger partial charge in [0.2, 0.25) is 0 Å². The van der Waals surface area contributed by atoms with Crippen molar-refractivity contribution < 1.29 is 9.13 Å². The lowest BCUT2D eigenvalue weighted by molar-refractivity contribution is 0.411. The van der Waals surface area contributed by atoms with E-state index in [1.807, 2.05) is 24.3 Å². The molecule has 0 aliphatic heterocycles. The summed E-state index contributed by atoms with van der Waals surface area (Å²) in [5.41, 5.74) is 1.96. The molecule has 6 heteroatoms. The molecule has 0 saturated heterocycles. The maximum atomic E-state index is 13.1. The van der Waals surface area contributed by atoms with Gasteiger partial charge >= 0.3 is 0 Å². The first-order valence-electron chi connectivity index (χ1n) is 6.49. The van der Waals surface area contributed by atoms with Crippen LogP contribution in [0.4, 0.5) is 4.39 Å². The van der Waals surface area contributed by atoms with Crippen LogP contribution in [0.2, 0.25) is 0 Å². The van der Waals surface area contributed by atoms with Crippen LogP contribution in [0.25, 0.3) is 16.9 Å². The van der Waals surface area contributed by atoms with Crippen LogP contribution in [0.5, 0.6) is 5.75 Å². The monoisotopic (exact) mass is 294 g/mol. The number of hydrogen-bond acceptors (Lipinski definition) is 4. The molecule has 2 aromatic carbocycles. The van der Waals surface area contributed by atoms with Crippen molar-refractivity contribution in [1.29, 1.82) is 5.26 Å². The predicted octanol–water partition coefficient (Wildman–Crippen LogP) is 2.95. The van der Waals surface area contributed by atoms with Gasteiger partial charge in [-0.1, -0.05) is 17.3 Å². The molecule has 3 rings (SSSR count). The van der Waals surface area contributed by atoms with Gasteiger partial charge in [0.15, 0.2) is 5.69 Å². The van der Waals surface area contributed by atoms with E-state index in [9.17, 15) is 9.65 Å². The number of aromatic nitrogens is 3. The van der Waals surface area contributed by atoms with E-state index in [4.69, 9.17) is 4.74 Å². The van der Waals surface area contributed by atoms with Crippen molar-refractivity contribution in [3.63, 3.8) is 0 Å². The molecule has 0 N–H and O–H groups in total. The van der Waals surface area contributed by atoms with Crippen LogP contribution in [0.15, 0.2) is 48.5 Å². The van der Waals surface area contributed by atoms with Crippen molar-refractivity contribution in [2.75, 3.05) is 7.11 Å². The molecule has 0 saturated carbocycles. The van der Waals surface area contributed by atoms with E-state index < -0.39 is 0 Å². The molecule has 1 aromatic heterocycles.